The Morgan fingerprint density at radius 2 is 1.69 bits per heavy atom. The molecule has 0 spiro atoms. The summed E-state index contributed by atoms with van der Waals surface area (Å²) in [6, 6.07) is 15.2. The third kappa shape index (κ3) is 4.85. The SMILES string of the molecule is Cc1ccccc1C(=O)NC(C)c1nc2ccccc2n1CCC(=O)N1CCCCCC1. The minimum absolute atomic E-state index is 0.116. The number of rotatable bonds is 6. The largest absolute Gasteiger partial charge is 0.343 e. The van der Waals surface area contributed by atoms with Crippen LogP contribution in [0.5, 0.6) is 0 Å². The van der Waals surface area contributed by atoms with Crippen molar-refractivity contribution in [3.05, 3.63) is 65.5 Å². The van der Waals surface area contributed by atoms with Gasteiger partial charge in [-0.3, -0.25) is 9.59 Å². The summed E-state index contributed by atoms with van der Waals surface area (Å²) in [6.45, 7) is 6.15. The number of amides is 2. The van der Waals surface area contributed by atoms with Crippen LogP contribution in [-0.2, 0) is 11.3 Å². The molecular weight excluding hydrogens is 400 g/mol. The zero-order valence-corrected chi connectivity index (χ0v) is 19.0. The van der Waals surface area contributed by atoms with E-state index in [0.29, 0.717) is 18.5 Å². The van der Waals surface area contributed by atoms with Crippen LogP contribution in [0.2, 0.25) is 0 Å². The molecule has 6 nitrogen and oxygen atoms in total. The molecule has 0 bridgehead atoms. The smallest absolute Gasteiger partial charge is 0.252 e. The molecule has 1 atom stereocenters. The summed E-state index contributed by atoms with van der Waals surface area (Å²) in [7, 11) is 0. The van der Waals surface area contributed by atoms with Crippen molar-refractivity contribution in [3.8, 4) is 0 Å². The number of nitrogens with one attached hydrogen (secondary N) is 1. The second kappa shape index (κ2) is 9.98. The number of fused-ring (bicyclic) bond motifs is 1. The predicted molar refractivity (Wildman–Crippen MR) is 126 cm³/mol. The van der Waals surface area contributed by atoms with E-state index in [0.717, 1.165) is 48.4 Å². The molecule has 1 fully saturated rings. The quantitative estimate of drug-likeness (QED) is 0.618. The Morgan fingerprint density at radius 3 is 2.44 bits per heavy atom. The number of aryl methyl sites for hydroxylation is 2. The highest BCUT2D eigenvalue weighted by Crippen LogP contribution is 2.22. The van der Waals surface area contributed by atoms with E-state index in [1.807, 2.05) is 67.3 Å². The third-order valence-electron chi connectivity index (χ3n) is 6.32. The van der Waals surface area contributed by atoms with Crippen molar-refractivity contribution in [2.75, 3.05) is 13.1 Å². The number of benzene rings is 2. The number of hydrogen-bond acceptors (Lipinski definition) is 3. The lowest BCUT2D eigenvalue weighted by atomic mass is 10.1. The van der Waals surface area contributed by atoms with Gasteiger partial charge < -0.3 is 14.8 Å². The van der Waals surface area contributed by atoms with Gasteiger partial charge in [0.25, 0.3) is 5.91 Å². The molecule has 0 radical (unpaired) electrons. The molecule has 1 saturated heterocycles. The Bertz CT molecular complexity index is 1100. The van der Waals surface area contributed by atoms with Gasteiger partial charge in [0.05, 0.1) is 17.1 Å². The fourth-order valence-electron chi connectivity index (χ4n) is 4.51. The number of imidazole rings is 1. The van der Waals surface area contributed by atoms with Gasteiger partial charge in [0.1, 0.15) is 5.82 Å². The van der Waals surface area contributed by atoms with Crippen molar-refractivity contribution in [2.45, 2.75) is 58.5 Å². The summed E-state index contributed by atoms with van der Waals surface area (Å²) >= 11 is 0. The van der Waals surface area contributed by atoms with Gasteiger partial charge in [-0.25, -0.2) is 4.98 Å². The molecule has 1 N–H and O–H groups in total. The maximum absolute atomic E-state index is 12.9. The maximum Gasteiger partial charge on any atom is 0.252 e. The van der Waals surface area contributed by atoms with Crippen LogP contribution in [0.3, 0.4) is 0 Å². The molecule has 2 amide bonds. The van der Waals surface area contributed by atoms with Crippen LogP contribution in [0.4, 0.5) is 0 Å². The second-order valence-electron chi connectivity index (χ2n) is 8.67. The highest BCUT2D eigenvalue weighted by atomic mass is 16.2. The van der Waals surface area contributed by atoms with Gasteiger partial charge in [-0.15, -0.1) is 0 Å². The summed E-state index contributed by atoms with van der Waals surface area (Å²) in [5.74, 6) is 0.860. The first-order chi connectivity index (χ1) is 15.5. The topological polar surface area (TPSA) is 67.2 Å². The number of nitrogens with zero attached hydrogens (tertiary/aromatic N) is 3. The number of likely N-dealkylation sites (tertiary alicyclic amines) is 1. The molecule has 32 heavy (non-hydrogen) atoms. The molecule has 1 aromatic heterocycles. The molecule has 1 unspecified atom stereocenters. The molecule has 0 saturated carbocycles. The van der Waals surface area contributed by atoms with E-state index >= 15 is 0 Å². The van der Waals surface area contributed by atoms with Crippen LogP contribution in [0.25, 0.3) is 11.0 Å². The summed E-state index contributed by atoms with van der Waals surface area (Å²) in [4.78, 5) is 32.6. The van der Waals surface area contributed by atoms with Gasteiger partial charge in [0.2, 0.25) is 5.91 Å². The Kier molecular flexibility index (Phi) is 6.88. The molecule has 4 rings (SSSR count). The summed E-state index contributed by atoms with van der Waals surface area (Å²) in [6.07, 6.45) is 5.03. The van der Waals surface area contributed by atoms with Crippen molar-refractivity contribution in [3.63, 3.8) is 0 Å². The molecule has 2 heterocycles. The van der Waals surface area contributed by atoms with E-state index in [4.69, 9.17) is 4.98 Å². The normalized spacial score (nSPS) is 15.4. The van der Waals surface area contributed by atoms with Crippen LogP contribution in [-0.4, -0.2) is 39.4 Å². The van der Waals surface area contributed by atoms with Gasteiger partial charge in [0, 0.05) is 31.6 Å². The molecular formula is C26H32N4O2. The Hall–Kier alpha value is -3.15. The molecule has 168 valence electrons. The van der Waals surface area contributed by atoms with Gasteiger partial charge in [0.15, 0.2) is 0 Å². The maximum atomic E-state index is 12.9. The molecule has 0 aliphatic carbocycles. The van der Waals surface area contributed by atoms with Crippen molar-refractivity contribution in [1.82, 2.24) is 19.8 Å². The Morgan fingerprint density at radius 1 is 1.00 bits per heavy atom. The van der Waals surface area contributed by atoms with Gasteiger partial charge in [-0.05, 0) is 50.5 Å². The first kappa shape index (κ1) is 22.1. The number of hydrogen-bond donors (Lipinski definition) is 1. The highest BCUT2D eigenvalue weighted by Gasteiger charge is 2.21. The Balaban J connectivity index is 1.54. The molecule has 6 heteroatoms. The van der Waals surface area contributed by atoms with Crippen LogP contribution in [0.1, 0.15) is 66.8 Å². The molecule has 1 aliphatic heterocycles. The number of carbonyl (C=O) groups is 2. The minimum Gasteiger partial charge on any atom is -0.343 e. The van der Waals surface area contributed by atoms with E-state index < -0.39 is 0 Å². The van der Waals surface area contributed by atoms with Crippen molar-refractivity contribution in [2.24, 2.45) is 0 Å². The van der Waals surface area contributed by atoms with E-state index in [1.165, 1.54) is 12.8 Å². The molecule has 1 aliphatic rings. The van der Waals surface area contributed by atoms with Crippen LogP contribution in [0.15, 0.2) is 48.5 Å². The number of para-hydroxylation sites is 2. The summed E-state index contributed by atoms with van der Waals surface area (Å²) in [5.41, 5.74) is 3.47. The Labute approximate surface area is 189 Å². The van der Waals surface area contributed by atoms with E-state index in [1.54, 1.807) is 0 Å². The van der Waals surface area contributed by atoms with E-state index in [9.17, 15) is 9.59 Å². The third-order valence-corrected chi connectivity index (χ3v) is 6.32. The highest BCUT2D eigenvalue weighted by molar-refractivity contribution is 5.95. The molecule has 2 aromatic carbocycles. The molecule has 3 aromatic rings. The van der Waals surface area contributed by atoms with Crippen molar-refractivity contribution >= 4 is 22.8 Å². The van der Waals surface area contributed by atoms with E-state index in [-0.39, 0.29) is 17.9 Å². The fourth-order valence-corrected chi connectivity index (χ4v) is 4.51. The predicted octanol–water partition coefficient (Wildman–Crippen LogP) is 4.63. The zero-order valence-electron chi connectivity index (χ0n) is 19.0. The lowest BCUT2D eigenvalue weighted by Gasteiger charge is -2.21. The standard InChI is InChI=1S/C26H32N4O2/c1-19-11-5-6-12-21(19)26(32)27-20(2)25-28-22-13-7-8-14-23(22)30(25)18-15-24(31)29-16-9-3-4-10-17-29/h5-8,11-14,20H,3-4,9-10,15-18H2,1-2H3,(H,27,32). The average molecular weight is 433 g/mol. The van der Waals surface area contributed by atoms with E-state index in [2.05, 4.69) is 9.88 Å². The van der Waals surface area contributed by atoms with Crippen LogP contribution in [0, 0.1) is 6.92 Å². The first-order valence-electron chi connectivity index (χ1n) is 11.6. The lowest BCUT2D eigenvalue weighted by Crippen LogP contribution is -2.33. The monoisotopic (exact) mass is 432 g/mol. The summed E-state index contributed by atoms with van der Waals surface area (Å²) < 4.78 is 2.09. The zero-order chi connectivity index (χ0) is 22.5. The van der Waals surface area contributed by atoms with Crippen LogP contribution < -0.4 is 5.32 Å². The average Bonchev–Trinajstić information content (AvgIpc) is 2.95. The van der Waals surface area contributed by atoms with Gasteiger partial charge in [-0.2, -0.15) is 0 Å². The van der Waals surface area contributed by atoms with Crippen molar-refractivity contribution < 1.29 is 9.59 Å². The number of aromatic nitrogens is 2. The summed E-state index contributed by atoms with van der Waals surface area (Å²) in [5, 5.41) is 3.10. The van der Waals surface area contributed by atoms with Crippen molar-refractivity contribution in [1.29, 1.82) is 0 Å². The van der Waals surface area contributed by atoms with Gasteiger partial charge >= 0.3 is 0 Å². The fraction of sp³-hybridized carbons (Fsp3) is 0.423. The van der Waals surface area contributed by atoms with Gasteiger partial charge in [-0.1, -0.05) is 43.2 Å². The minimum atomic E-state index is -0.289. The number of carbonyl (C=O) groups excluding carboxylic acids is 2. The first-order valence-corrected chi connectivity index (χ1v) is 11.6. The van der Waals surface area contributed by atoms with Crippen LogP contribution >= 0.6 is 0 Å². The lowest BCUT2D eigenvalue weighted by molar-refractivity contribution is -0.131. The second-order valence-corrected chi connectivity index (χ2v) is 8.67.